The molecule has 0 bridgehead atoms. The number of rotatable bonds is 1. The number of anilines is 1. The lowest BCUT2D eigenvalue weighted by molar-refractivity contribution is 0.610. The Bertz CT molecular complexity index is 289. The predicted molar refractivity (Wildman–Crippen MR) is 54.9 cm³/mol. The standard InChI is InChI=1S/C8H11N3OS/c1-13(12)8(9)11(10)7-5-3-2-4-6-7/h2-6,9H,10H2,1H3. The van der Waals surface area contributed by atoms with Gasteiger partial charge in [0.15, 0.2) is 0 Å². The molecular formula is C8H11N3OS. The molecular weight excluding hydrogens is 186 g/mol. The van der Waals surface area contributed by atoms with Gasteiger partial charge in [0, 0.05) is 11.2 Å². The highest BCUT2D eigenvalue weighted by Crippen LogP contribution is 2.10. The second kappa shape index (κ2) is 4.27. The molecule has 0 aromatic heterocycles. The van der Waals surface area contributed by atoms with Gasteiger partial charge in [0.05, 0.1) is 5.69 Å². The zero-order valence-electron chi connectivity index (χ0n) is 7.23. The summed E-state index contributed by atoms with van der Waals surface area (Å²) in [6.07, 6.45) is 1.42. The van der Waals surface area contributed by atoms with Crippen molar-refractivity contribution in [2.24, 2.45) is 5.84 Å². The molecule has 70 valence electrons. The number of benzene rings is 1. The van der Waals surface area contributed by atoms with Gasteiger partial charge in [-0.05, 0) is 12.1 Å². The normalized spacial score (nSPS) is 12.2. The van der Waals surface area contributed by atoms with E-state index in [0.29, 0.717) is 5.69 Å². The van der Waals surface area contributed by atoms with Crippen LogP contribution in [0, 0.1) is 5.41 Å². The highest BCUT2D eigenvalue weighted by molar-refractivity contribution is 8.05. The van der Waals surface area contributed by atoms with Gasteiger partial charge in [-0.3, -0.25) is 0 Å². The topological polar surface area (TPSA) is 76.2 Å². The number of hydrazine groups is 1. The summed E-state index contributed by atoms with van der Waals surface area (Å²) in [5, 5.41) is 8.39. The van der Waals surface area contributed by atoms with Gasteiger partial charge in [0.1, 0.15) is 6.26 Å². The molecule has 4 nitrogen and oxygen atoms in total. The summed E-state index contributed by atoms with van der Waals surface area (Å²) in [6.45, 7) is 0. The molecule has 1 unspecified atom stereocenters. The molecule has 0 amide bonds. The summed E-state index contributed by atoms with van der Waals surface area (Å²) in [6, 6.07) is 8.97. The fourth-order valence-electron chi connectivity index (χ4n) is 0.844. The third-order valence-electron chi connectivity index (χ3n) is 1.53. The van der Waals surface area contributed by atoms with Gasteiger partial charge >= 0.3 is 5.17 Å². The van der Waals surface area contributed by atoms with Gasteiger partial charge in [0.2, 0.25) is 0 Å². The summed E-state index contributed by atoms with van der Waals surface area (Å²) in [4.78, 5) is 0. The van der Waals surface area contributed by atoms with E-state index < -0.39 is 11.2 Å². The Morgan fingerprint density at radius 2 is 2.00 bits per heavy atom. The molecule has 5 heteroatoms. The molecule has 0 heterocycles. The maximum atomic E-state index is 10.9. The van der Waals surface area contributed by atoms with E-state index in [2.05, 4.69) is 0 Å². The molecule has 1 aromatic rings. The van der Waals surface area contributed by atoms with E-state index in [1.807, 2.05) is 6.07 Å². The third kappa shape index (κ3) is 2.45. The molecule has 1 aromatic carbocycles. The first-order valence-corrected chi connectivity index (χ1v) is 5.20. The average Bonchev–Trinajstić information content (AvgIpc) is 2.17. The molecule has 0 spiro atoms. The lowest BCUT2D eigenvalue weighted by Gasteiger charge is -2.17. The van der Waals surface area contributed by atoms with Crippen LogP contribution in [-0.2, 0) is 11.2 Å². The molecule has 0 saturated carbocycles. The second-order valence-electron chi connectivity index (χ2n) is 2.46. The van der Waals surface area contributed by atoms with Crippen molar-refractivity contribution in [3.63, 3.8) is 0 Å². The number of amidine groups is 1. The van der Waals surface area contributed by atoms with Crippen LogP contribution in [0.4, 0.5) is 5.69 Å². The molecule has 0 radical (unpaired) electrons. The molecule has 0 aliphatic rings. The molecule has 1 rings (SSSR count). The first kappa shape index (κ1) is 10.0. The van der Waals surface area contributed by atoms with Crippen molar-refractivity contribution in [3.8, 4) is 0 Å². The number of hydrogen-bond acceptors (Lipinski definition) is 3. The predicted octanol–water partition coefficient (Wildman–Crippen LogP) is 0.680. The van der Waals surface area contributed by atoms with Crippen molar-refractivity contribution < 1.29 is 4.55 Å². The average molecular weight is 197 g/mol. The Hall–Kier alpha value is -1.04. The minimum Gasteiger partial charge on any atom is -0.609 e. The number of hydrogen-bond donors (Lipinski definition) is 2. The smallest absolute Gasteiger partial charge is 0.330 e. The first-order valence-electron chi connectivity index (χ1n) is 3.65. The molecule has 0 fully saturated rings. The highest BCUT2D eigenvalue weighted by atomic mass is 32.2. The maximum Gasteiger partial charge on any atom is 0.330 e. The van der Waals surface area contributed by atoms with E-state index in [1.165, 1.54) is 6.26 Å². The van der Waals surface area contributed by atoms with E-state index in [0.717, 1.165) is 5.01 Å². The van der Waals surface area contributed by atoms with Crippen LogP contribution in [0.2, 0.25) is 0 Å². The molecule has 1 atom stereocenters. The molecule has 0 aliphatic heterocycles. The van der Waals surface area contributed by atoms with E-state index >= 15 is 0 Å². The number of para-hydroxylation sites is 1. The van der Waals surface area contributed by atoms with Gasteiger partial charge in [-0.25, -0.2) is 16.3 Å². The summed E-state index contributed by atoms with van der Waals surface area (Å²) in [7, 11) is 0. The van der Waals surface area contributed by atoms with Crippen LogP contribution in [0.15, 0.2) is 30.3 Å². The van der Waals surface area contributed by atoms with E-state index in [9.17, 15) is 4.55 Å². The van der Waals surface area contributed by atoms with E-state index in [4.69, 9.17) is 11.3 Å². The van der Waals surface area contributed by atoms with Gasteiger partial charge < -0.3 is 4.55 Å². The van der Waals surface area contributed by atoms with Crippen molar-refractivity contribution in [1.29, 1.82) is 5.41 Å². The van der Waals surface area contributed by atoms with Crippen LogP contribution in [0.5, 0.6) is 0 Å². The van der Waals surface area contributed by atoms with Crippen LogP contribution >= 0.6 is 0 Å². The Morgan fingerprint density at radius 3 is 2.46 bits per heavy atom. The van der Waals surface area contributed by atoms with Crippen LogP contribution in [-0.4, -0.2) is 16.0 Å². The monoisotopic (exact) mass is 197 g/mol. The molecule has 0 saturated heterocycles. The minimum atomic E-state index is -1.36. The fourth-order valence-corrected chi connectivity index (χ4v) is 1.23. The van der Waals surface area contributed by atoms with Crippen molar-refractivity contribution in [2.75, 3.05) is 11.3 Å². The Balaban J connectivity index is 2.80. The largest absolute Gasteiger partial charge is 0.609 e. The fraction of sp³-hybridized carbons (Fsp3) is 0.125. The van der Waals surface area contributed by atoms with E-state index in [-0.39, 0.29) is 5.17 Å². The quantitative estimate of drug-likeness (QED) is 0.228. The van der Waals surface area contributed by atoms with Crippen LogP contribution in [0.1, 0.15) is 0 Å². The van der Waals surface area contributed by atoms with Gasteiger partial charge in [-0.1, -0.05) is 18.2 Å². The number of nitrogens with zero attached hydrogens (tertiary/aromatic N) is 1. The SMILES string of the molecule is C[S+]([O-])C(=N)N(N)c1ccccc1. The summed E-state index contributed by atoms with van der Waals surface area (Å²) < 4.78 is 10.9. The third-order valence-corrected chi connectivity index (χ3v) is 2.27. The van der Waals surface area contributed by atoms with Crippen molar-refractivity contribution in [2.45, 2.75) is 0 Å². The van der Waals surface area contributed by atoms with Crippen molar-refractivity contribution >= 4 is 22.0 Å². The minimum absolute atomic E-state index is 0.105. The Kier molecular flexibility index (Phi) is 3.30. The zero-order chi connectivity index (χ0) is 9.84. The number of nitrogens with one attached hydrogen (secondary N) is 1. The summed E-state index contributed by atoms with van der Waals surface area (Å²) >= 11 is -1.36. The summed E-state index contributed by atoms with van der Waals surface area (Å²) in [5.74, 6) is 5.56. The molecule has 13 heavy (non-hydrogen) atoms. The summed E-state index contributed by atoms with van der Waals surface area (Å²) in [5.41, 5.74) is 0.655. The lowest BCUT2D eigenvalue weighted by Crippen LogP contribution is -2.41. The zero-order valence-corrected chi connectivity index (χ0v) is 8.04. The van der Waals surface area contributed by atoms with Gasteiger partial charge in [0.25, 0.3) is 0 Å². The molecule has 0 aliphatic carbocycles. The maximum absolute atomic E-state index is 10.9. The number of nitrogens with two attached hydrogens (primary N) is 1. The van der Waals surface area contributed by atoms with E-state index in [1.54, 1.807) is 24.3 Å². The van der Waals surface area contributed by atoms with Gasteiger partial charge in [-0.15, -0.1) is 0 Å². The van der Waals surface area contributed by atoms with Gasteiger partial charge in [-0.2, -0.15) is 0 Å². The van der Waals surface area contributed by atoms with Crippen LogP contribution in [0.3, 0.4) is 0 Å². The second-order valence-corrected chi connectivity index (χ2v) is 3.76. The highest BCUT2D eigenvalue weighted by Gasteiger charge is 2.16. The van der Waals surface area contributed by atoms with Crippen molar-refractivity contribution in [3.05, 3.63) is 30.3 Å². The first-order chi connectivity index (χ1) is 6.13. The lowest BCUT2D eigenvalue weighted by atomic mass is 10.3. The van der Waals surface area contributed by atoms with Crippen molar-refractivity contribution in [1.82, 2.24) is 0 Å². The Morgan fingerprint density at radius 1 is 1.46 bits per heavy atom. The van der Waals surface area contributed by atoms with Crippen LogP contribution in [0.25, 0.3) is 0 Å². The van der Waals surface area contributed by atoms with Crippen LogP contribution < -0.4 is 10.9 Å². The molecule has 3 N–H and O–H groups in total. The Labute approximate surface area is 80.0 Å².